The summed E-state index contributed by atoms with van der Waals surface area (Å²) in [6.45, 7) is 0.533. The Morgan fingerprint density at radius 1 is 1.36 bits per heavy atom. The van der Waals surface area contributed by atoms with E-state index in [2.05, 4.69) is 10.4 Å². The highest BCUT2D eigenvalue weighted by Crippen LogP contribution is 2.22. The topological polar surface area (TPSA) is 86.1 Å². The third kappa shape index (κ3) is 4.29. The number of aromatic nitrogens is 2. The van der Waals surface area contributed by atoms with Crippen LogP contribution in [-0.4, -0.2) is 15.7 Å². The van der Waals surface area contributed by atoms with Gasteiger partial charge < -0.3 is 15.5 Å². The Labute approximate surface area is 150 Å². The fourth-order valence-electron chi connectivity index (χ4n) is 2.65. The van der Waals surface area contributed by atoms with Crippen molar-refractivity contribution in [1.82, 2.24) is 15.1 Å². The number of hydrogen-bond donors (Lipinski definition) is 2. The molecule has 0 aliphatic heterocycles. The normalized spacial score (nSPS) is 12.2. The van der Waals surface area contributed by atoms with Crippen LogP contribution in [0.5, 0.6) is 0 Å². The van der Waals surface area contributed by atoms with Crippen molar-refractivity contribution in [3.05, 3.63) is 65.0 Å². The summed E-state index contributed by atoms with van der Waals surface area (Å²) in [5.74, 6) is 0.349. The van der Waals surface area contributed by atoms with Gasteiger partial charge in [-0.25, -0.2) is 0 Å². The molecule has 0 aliphatic carbocycles. The number of primary amides is 1. The molecule has 1 atom stereocenters. The molecular weight excluding hydrogens is 340 g/mol. The van der Waals surface area contributed by atoms with Gasteiger partial charge in [-0.1, -0.05) is 23.7 Å². The zero-order valence-electron chi connectivity index (χ0n) is 13.8. The van der Waals surface area contributed by atoms with Crippen molar-refractivity contribution in [2.75, 3.05) is 0 Å². The molecule has 0 fully saturated rings. The van der Waals surface area contributed by atoms with Crippen molar-refractivity contribution in [2.45, 2.75) is 19.0 Å². The largest absolute Gasteiger partial charge is 0.463 e. The quantitative estimate of drug-likeness (QED) is 0.679. The number of aryl methyl sites for hydroxylation is 1. The number of carbonyl (C=O) groups excluding carboxylic acids is 1. The highest BCUT2D eigenvalue weighted by molar-refractivity contribution is 6.30. The molecule has 0 bridgehead atoms. The Hall–Kier alpha value is -2.57. The summed E-state index contributed by atoms with van der Waals surface area (Å²) in [6, 6.07) is 12.8. The number of nitrogens with one attached hydrogen (secondary N) is 1. The average molecular weight is 359 g/mol. The van der Waals surface area contributed by atoms with Gasteiger partial charge in [0.1, 0.15) is 5.69 Å². The monoisotopic (exact) mass is 358 g/mol. The molecule has 3 rings (SSSR count). The minimum absolute atomic E-state index is 0.197. The van der Waals surface area contributed by atoms with Crippen molar-refractivity contribution in [3.8, 4) is 11.5 Å². The van der Waals surface area contributed by atoms with Crippen LogP contribution < -0.4 is 11.1 Å². The first-order chi connectivity index (χ1) is 12.0. The minimum Gasteiger partial charge on any atom is -0.463 e. The van der Waals surface area contributed by atoms with Crippen LogP contribution in [0.15, 0.2) is 53.1 Å². The maximum absolute atomic E-state index is 11.4. The lowest BCUT2D eigenvalue weighted by Crippen LogP contribution is -2.27. The van der Waals surface area contributed by atoms with E-state index >= 15 is 0 Å². The predicted molar refractivity (Wildman–Crippen MR) is 95.8 cm³/mol. The van der Waals surface area contributed by atoms with Crippen molar-refractivity contribution in [3.63, 3.8) is 0 Å². The smallest absolute Gasteiger partial charge is 0.219 e. The summed E-state index contributed by atoms with van der Waals surface area (Å²) >= 11 is 5.93. The fraction of sp³-hybridized carbons (Fsp3) is 0.222. The van der Waals surface area contributed by atoms with Gasteiger partial charge in [-0.15, -0.1) is 0 Å². The van der Waals surface area contributed by atoms with Gasteiger partial charge in [-0.3, -0.25) is 9.48 Å². The summed E-state index contributed by atoms with van der Waals surface area (Å²) in [4.78, 5) is 11.4. The molecule has 2 heterocycles. The molecule has 25 heavy (non-hydrogen) atoms. The zero-order chi connectivity index (χ0) is 17.8. The Bertz CT molecular complexity index is 841. The number of nitrogens with zero attached hydrogens (tertiary/aromatic N) is 2. The lowest BCUT2D eigenvalue weighted by Gasteiger charge is -2.18. The van der Waals surface area contributed by atoms with E-state index in [1.807, 2.05) is 37.4 Å². The predicted octanol–water partition coefficient (Wildman–Crippen LogP) is 3.04. The van der Waals surface area contributed by atoms with Crippen molar-refractivity contribution in [1.29, 1.82) is 0 Å². The molecule has 0 unspecified atom stereocenters. The maximum atomic E-state index is 11.4. The molecule has 0 saturated carbocycles. The number of hydrogen-bond acceptors (Lipinski definition) is 4. The number of nitrogens with two attached hydrogens (primary N) is 1. The zero-order valence-corrected chi connectivity index (χ0v) is 14.5. The molecule has 130 valence electrons. The van der Waals surface area contributed by atoms with Crippen LogP contribution in [0.2, 0.25) is 5.02 Å². The second-order valence-corrected chi connectivity index (χ2v) is 6.21. The first-order valence-electron chi connectivity index (χ1n) is 7.87. The second-order valence-electron chi connectivity index (χ2n) is 5.78. The Morgan fingerprint density at radius 3 is 2.76 bits per heavy atom. The van der Waals surface area contributed by atoms with Gasteiger partial charge >= 0.3 is 0 Å². The molecule has 0 spiro atoms. The number of furan rings is 1. The van der Waals surface area contributed by atoms with Gasteiger partial charge in [0.25, 0.3) is 0 Å². The molecule has 7 heteroatoms. The maximum Gasteiger partial charge on any atom is 0.219 e. The standard InChI is InChI=1S/C18H19ClN4O2/c1-23-14(9-16(22-23)17-3-2-8-25-17)11-21-15(10-18(20)24)12-4-6-13(19)7-5-12/h2-9,15,21H,10-11H2,1H3,(H2,20,24)/t15-/m0/s1. The molecule has 1 aromatic carbocycles. The van der Waals surface area contributed by atoms with E-state index in [1.165, 1.54) is 0 Å². The van der Waals surface area contributed by atoms with Crippen LogP contribution in [0, 0.1) is 0 Å². The van der Waals surface area contributed by atoms with Gasteiger partial charge in [-0.2, -0.15) is 5.10 Å². The first-order valence-corrected chi connectivity index (χ1v) is 8.24. The van der Waals surface area contributed by atoms with Gasteiger partial charge in [0, 0.05) is 31.1 Å². The van der Waals surface area contributed by atoms with E-state index in [0.29, 0.717) is 17.3 Å². The Kier molecular flexibility index (Phi) is 5.21. The number of halogens is 1. The Morgan fingerprint density at radius 2 is 2.12 bits per heavy atom. The van der Waals surface area contributed by atoms with E-state index in [1.54, 1.807) is 23.1 Å². The first kappa shape index (κ1) is 17.3. The molecule has 1 amide bonds. The van der Waals surface area contributed by atoms with Crippen molar-refractivity contribution < 1.29 is 9.21 Å². The SMILES string of the molecule is Cn1nc(-c2ccco2)cc1CN[C@@H](CC(N)=O)c1ccc(Cl)cc1. The lowest BCUT2D eigenvalue weighted by atomic mass is 10.0. The summed E-state index contributed by atoms with van der Waals surface area (Å²) in [6.07, 6.45) is 1.82. The highest BCUT2D eigenvalue weighted by atomic mass is 35.5. The van der Waals surface area contributed by atoms with Crippen LogP contribution in [0.1, 0.15) is 23.7 Å². The molecule has 0 radical (unpaired) electrons. The van der Waals surface area contributed by atoms with Crippen LogP contribution in [0.3, 0.4) is 0 Å². The van der Waals surface area contributed by atoms with E-state index in [0.717, 1.165) is 17.0 Å². The van der Waals surface area contributed by atoms with Gasteiger partial charge in [-0.05, 0) is 35.9 Å². The van der Waals surface area contributed by atoms with E-state index in [9.17, 15) is 4.79 Å². The van der Waals surface area contributed by atoms with Gasteiger partial charge in [0.2, 0.25) is 5.91 Å². The molecule has 6 nitrogen and oxygen atoms in total. The molecule has 3 N–H and O–H groups in total. The molecular formula is C18H19ClN4O2. The van der Waals surface area contributed by atoms with Crippen LogP contribution in [0.4, 0.5) is 0 Å². The van der Waals surface area contributed by atoms with E-state index in [-0.39, 0.29) is 18.4 Å². The van der Waals surface area contributed by atoms with Gasteiger partial charge in [0.05, 0.1) is 12.0 Å². The van der Waals surface area contributed by atoms with Crippen molar-refractivity contribution in [2.24, 2.45) is 12.8 Å². The lowest BCUT2D eigenvalue weighted by molar-refractivity contribution is -0.118. The van der Waals surface area contributed by atoms with Gasteiger partial charge in [0.15, 0.2) is 5.76 Å². The average Bonchev–Trinajstić information content (AvgIpc) is 3.22. The molecule has 3 aromatic rings. The van der Waals surface area contributed by atoms with Crippen LogP contribution in [0.25, 0.3) is 11.5 Å². The summed E-state index contributed by atoms with van der Waals surface area (Å²) in [5, 5.41) is 8.47. The number of rotatable bonds is 7. The minimum atomic E-state index is -0.367. The van der Waals surface area contributed by atoms with Crippen molar-refractivity contribution >= 4 is 17.5 Å². The van der Waals surface area contributed by atoms with Crippen LogP contribution in [-0.2, 0) is 18.4 Å². The van der Waals surface area contributed by atoms with E-state index in [4.69, 9.17) is 21.8 Å². The third-order valence-electron chi connectivity index (χ3n) is 3.96. The number of benzene rings is 1. The summed E-state index contributed by atoms with van der Waals surface area (Å²) in [5.41, 5.74) is 8.08. The fourth-order valence-corrected chi connectivity index (χ4v) is 2.77. The second kappa shape index (κ2) is 7.55. The summed E-state index contributed by atoms with van der Waals surface area (Å²) in [7, 11) is 1.87. The number of carbonyl (C=O) groups is 1. The number of amides is 1. The molecule has 0 aliphatic rings. The highest BCUT2D eigenvalue weighted by Gasteiger charge is 2.16. The van der Waals surface area contributed by atoms with E-state index < -0.39 is 0 Å². The summed E-state index contributed by atoms with van der Waals surface area (Å²) < 4.78 is 7.16. The van der Waals surface area contributed by atoms with Crippen LogP contribution >= 0.6 is 11.6 Å². The molecule has 2 aromatic heterocycles. The molecule has 0 saturated heterocycles. The third-order valence-corrected chi connectivity index (χ3v) is 4.21. The Balaban J connectivity index is 1.75.